The SMILES string of the molecule is CCOCc1nc2c(N)nc3cc(Br)ccc3c2n1CC1CCN(C(=O)OC(C)(C)C)CC1. The van der Waals surface area contributed by atoms with Crippen LogP contribution in [0.25, 0.3) is 21.9 Å². The van der Waals surface area contributed by atoms with Crippen molar-refractivity contribution >= 4 is 49.8 Å². The Kier molecular flexibility index (Phi) is 6.81. The molecule has 1 fully saturated rings. The van der Waals surface area contributed by atoms with E-state index in [0.717, 1.165) is 46.1 Å². The van der Waals surface area contributed by atoms with E-state index < -0.39 is 5.60 Å². The number of nitrogens with two attached hydrogens (primary N) is 1. The van der Waals surface area contributed by atoms with Crippen molar-refractivity contribution in [2.45, 2.75) is 59.3 Å². The number of fused-ring (bicyclic) bond motifs is 3. The molecular formula is C24H32BrN5O3. The summed E-state index contributed by atoms with van der Waals surface area (Å²) in [7, 11) is 0. The van der Waals surface area contributed by atoms with Gasteiger partial charge in [0.25, 0.3) is 0 Å². The van der Waals surface area contributed by atoms with E-state index in [1.165, 1.54) is 0 Å². The topological polar surface area (TPSA) is 95.5 Å². The number of rotatable bonds is 5. The van der Waals surface area contributed by atoms with E-state index in [9.17, 15) is 4.79 Å². The van der Waals surface area contributed by atoms with Gasteiger partial charge in [-0.3, -0.25) is 0 Å². The maximum atomic E-state index is 12.4. The van der Waals surface area contributed by atoms with Crippen molar-refractivity contribution in [3.05, 3.63) is 28.5 Å². The number of aromatic nitrogens is 3. The van der Waals surface area contributed by atoms with Gasteiger partial charge in [0.1, 0.15) is 23.5 Å². The number of likely N-dealkylation sites (tertiary alicyclic amines) is 1. The maximum absolute atomic E-state index is 12.4. The summed E-state index contributed by atoms with van der Waals surface area (Å²) in [6.07, 6.45) is 1.56. The van der Waals surface area contributed by atoms with Crippen LogP contribution in [0.3, 0.4) is 0 Å². The molecule has 0 bridgehead atoms. The first kappa shape index (κ1) is 23.8. The number of halogens is 1. The van der Waals surface area contributed by atoms with Crippen molar-refractivity contribution in [2.24, 2.45) is 5.92 Å². The third kappa shape index (κ3) is 5.24. The second kappa shape index (κ2) is 9.46. The van der Waals surface area contributed by atoms with E-state index in [1.807, 2.05) is 44.7 Å². The second-order valence-electron chi connectivity index (χ2n) is 9.54. The Morgan fingerprint density at radius 2 is 1.97 bits per heavy atom. The number of nitrogens with zero attached hydrogens (tertiary/aromatic N) is 4. The van der Waals surface area contributed by atoms with Gasteiger partial charge in [0.2, 0.25) is 0 Å². The number of nitrogen functional groups attached to an aromatic ring is 1. The lowest BCUT2D eigenvalue weighted by molar-refractivity contribution is 0.0177. The Bertz CT molecular complexity index is 1160. The lowest BCUT2D eigenvalue weighted by atomic mass is 9.96. The summed E-state index contributed by atoms with van der Waals surface area (Å²) in [5, 5.41) is 1.02. The van der Waals surface area contributed by atoms with E-state index in [4.69, 9.17) is 20.2 Å². The summed E-state index contributed by atoms with van der Waals surface area (Å²) in [6, 6.07) is 6.05. The summed E-state index contributed by atoms with van der Waals surface area (Å²) in [5.41, 5.74) is 8.37. The number of benzene rings is 1. The minimum absolute atomic E-state index is 0.235. The van der Waals surface area contributed by atoms with Gasteiger partial charge in [0, 0.05) is 36.1 Å². The zero-order chi connectivity index (χ0) is 23.8. The van der Waals surface area contributed by atoms with Gasteiger partial charge in [-0.25, -0.2) is 14.8 Å². The van der Waals surface area contributed by atoms with E-state index >= 15 is 0 Å². The van der Waals surface area contributed by atoms with Gasteiger partial charge in [0.05, 0.1) is 11.0 Å². The van der Waals surface area contributed by atoms with Crippen LogP contribution in [0.1, 0.15) is 46.4 Å². The molecule has 3 heterocycles. The number of carbonyl (C=O) groups is 1. The van der Waals surface area contributed by atoms with Gasteiger partial charge < -0.3 is 24.7 Å². The molecular weight excluding hydrogens is 486 g/mol. The van der Waals surface area contributed by atoms with Crippen LogP contribution >= 0.6 is 15.9 Å². The van der Waals surface area contributed by atoms with Gasteiger partial charge in [-0.15, -0.1) is 0 Å². The first-order valence-corrected chi connectivity index (χ1v) is 12.2. The molecule has 0 unspecified atom stereocenters. The van der Waals surface area contributed by atoms with E-state index in [2.05, 4.69) is 31.5 Å². The molecule has 178 valence electrons. The molecule has 1 saturated heterocycles. The van der Waals surface area contributed by atoms with Crippen LogP contribution < -0.4 is 5.73 Å². The second-order valence-corrected chi connectivity index (χ2v) is 10.5. The summed E-state index contributed by atoms with van der Waals surface area (Å²) in [5.74, 6) is 1.68. The Balaban J connectivity index is 1.63. The standard InChI is InChI=1S/C24H32BrN5O3/c1-5-32-14-19-28-20-21(17-7-6-16(25)12-18(17)27-22(20)26)30(19)13-15-8-10-29(11-9-15)23(31)33-24(2,3)4/h6-7,12,15H,5,8-11,13-14H2,1-4H3,(H2,26,27). The normalized spacial score (nSPS) is 15.5. The lowest BCUT2D eigenvalue weighted by Crippen LogP contribution is -2.42. The number of hydrogen-bond acceptors (Lipinski definition) is 6. The highest BCUT2D eigenvalue weighted by Gasteiger charge is 2.28. The van der Waals surface area contributed by atoms with Crippen LogP contribution in [-0.4, -0.2) is 50.8 Å². The molecule has 0 radical (unpaired) electrons. The van der Waals surface area contributed by atoms with Crippen molar-refractivity contribution in [3.63, 3.8) is 0 Å². The van der Waals surface area contributed by atoms with Crippen LogP contribution in [0.15, 0.2) is 22.7 Å². The molecule has 0 aliphatic carbocycles. The minimum Gasteiger partial charge on any atom is -0.444 e. The van der Waals surface area contributed by atoms with Crippen molar-refractivity contribution in [1.29, 1.82) is 0 Å². The zero-order valence-electron chi connectivity index (χ0n) is 19.7. The van der Waals surface area contributed by atoms with Crippen molar-refractivity contribution in [3.8, 4) is 0 Å². The number of ether oxygens (including phenoxy) is 2. The van der Waals surface area contributed by atoms with Gasteiger partial charge in [-0.05, 0) is 64.7 Å². The third-order valence-electron chi connectivity index (χ3n) is 5.89. The van der Waals surface area contributed by atoms with E-state index in [-0.39, 0.29) is 6.09 Å². The van der Waals surface area contributed by atoms with Crippen LogP contribution in [-0.2, 0) is 22.6 Å². The molecule has 0 atom stereocenters. The predicted octanol–water partition coefficient (Wildman–Crippen LogP) is 5.11. The van der Waals surface area contributed by atoms with Gasteiger partial charge in [-0.2, -0.15) is 0 Å². The molecule has 8 nitrogen and oxygen atoms in total. The summed E-state index contributed by atoms with van der Waals surface area (Å²) >= 11 is 3.53. The number of piperidine rings is 1. The quantitative estimate of drug-likeness (QED) is 0.504. The van der Waals surface area contributed by atoms with Gasteiger partial charge in [0.15, 0.2) is 5.82 Å². The fourth-order valence-electron chi connectivity index (χ4n) is 4.31. The molecule has 1 amide bonds. The molecule has 1 aliphatic rings. The van der Waals surface area contributed by atoms with Crippen LogP contribution in [0.2, 0.25) is 0 Å². The number of pyridine rings is 1. The third-order valence-corrected chi connectivity index (χ3v) is 6.38. The predicted molar refractivity (Wildman–Crippen MR) is 133 cm³/mol. The number of amides is 1. The highest BCUT2D eigenvalue weighted by atomic mass is 79.9. The first-order valence-electron chi connectivity index (χ1n) is 11.5. The van der Waals surface area contributed by atoms with Gasteiger partial charge in [-0.1, -0.05) is 15.9 Å². The largest absolute Gasteiger partial charge is 0.444 e. The van der Waals surface area contributed by atoms with Crippen LogP contribution in [0.4, 0.5) is 10.6 Å². The molecule has 2 aromatic heterocycles. The molecule has 0 spiro atoms. The highest BCUT2D eigenvalue weighted by molar-refractivity contribution is 9.10. The van der Waals surface area contributed by atoms with Crippen LogP contribution in [0, 0.1) is 5.92 Å². The van der Waals surface area contributed by atoms with Crippen molar-refractivity contribution in [2.75, 3.05) is 25.4 Å². The van der Waals surface area contributed by atoms with Crippen molar-refractivity contribution in [1.82, 2.24) is 19.4 Å². The molecule has 33 heavy (non-hydrogen) atoms. The van der Waals surface area contributed by atoms with Crippen molar-refractivity contribution < 1.29 is 14.3 Å². The van der Waals surface area contributed by atoms with E-state index in [0.29, 0.717) is 43.6 Å². The zero-order valence-corrected chi connectivity index (χ0v) is 21.3. The average Bonchev–Trinajstić information content (AvgIpc) is 3.10. The summed E-state index contributed by atoms with van der Waals surface area (Å²) < 4.78 is 14.5. The molecule has 1 aromatic carbocycles. The maximum Gasteiger partial charge on any atom is 0.410 e. The Morgan fingerprint density at radius 1 is 1.24 bits per heavy atom. The smallest absolute Gasteiger partial charge is 0.410 e. The lowest BCUT2D eigenvalue weighted by Gasteiger charge is -2.33. The summed E-state index contributed by atoms with van der Waals surface area (Å²) in [4.78, 5) is 23.7. The van der Waals surface area contributed by atoms with E-state index in [1.54, 1.807) is 0 Å². The Morgan fingerprint density at radius 3 is 2.64 bits per heavy atom. The minimum atomic E-state index is -0.484. The highest BCUT2D eigenvalue weighted by Crippen LogP contribution is 2.32. The fraction of sp³-hybridized carbons (Fsp3) is 0.542. The van der Waals surface area contributed by atoms with Gasteiger partial charge >= 0.3 is 6.09 Å². The molecule has 4 rings (SSSR count). The first-order chi connectivity index (χ1) is 15.7. The Labute approximate surface area is 202 Å². The number of hydrogen-bond donors (Lipinski definition) is 1. The van der Waals surface area contributed by atoms with Crippen LogP contribution in [0.5, 0.6) is 0 Å². The number of anilines is 1. The molecule has 0 saturated carbocycles. The average molecular weight is 518 g/mol. The Hall–Kier alpha value is -2.39. The molecule has 3 aromatic rings. The molecule has 2 N–H and O–H groups in total. The number of carbonyl (C=O) groups excluding carboxylic acids is 1. The number of imidazole rings is 1. The summed E-state index contributed by atoms with van der Waals surface area (Å²) in [6.45, 7) is 10.8. The monoisotopic (exact) mass is 517 g/mol. The fourth-order valence-corrected chi connectivity index (χ4v) is 4.66. The molecule has 1 aliphatic heterocycles. The molecule has 9 heteroatoms.